The summed E-state index contributed by atoms with van der Waals surface area (Å²) in [5.41, 5.74) is 2.49. The van der Waals surface area contributed by atoms with Crippen LogP contribution in [-0.4, -0.2) is 29.0 Å². The summed E-state index contributed by atoms with van der Waals surface area (Å²) in [5, 5.41) is 4.09. The molecule has 1 fully saturated rings. The molecule has 3 nitrogen and oxygen atoms in total. The van der Waals surface area contributed by atoms with Crippen LogP contribution >= 0.6 is 0 Å². The maximum atomic E-state index is 11.9. The predicted octanol–water partition coefficient (Wildman–Crippen LogP) is 1.19. The molecule has 3 heteroatoms. The van der Waals surface area contributed by atoms with E-state index in [1.165, 1.54) is 11.1 Å². The normalized spacial score (nSPS) is 21.1. The molecule has 2 heterocycles. The Morgan fingerprint density at radius 1 is 1.07 bits per heavy atom. The first-order valence-corrected chi connectivity index (χ1v) is 5.46. The highest BCUT2D eigenvalue weighted by Crippen LogP contribution is 2.23. The summed E-state index contributed by atoms with van der Waals surface area (Å²) in [7, 11) is 0. The van der Waals surface area contributed by atoms with Crippen molar-refractivity contribution in [1.29, 1.82) is 0 Å². The molecule has 0 unspecified atom stereocenters. The molecule has 0 saturated carbocycles. The number of rotatable bonds is 0. The number of nitrogens with zero attached hydrogens (tertiary/aromatic N) is 2. The van der Waals surface area contributed by atoms with Gasteiger partial charge in [0, 0.05) is 19.6 Å². The van der Waals surface area contributed by atoms with Crippen molar-refractivity contribution in [2.75, 3.05) is 13.1 Å². The molecule has 15 heavy (non-hydrogen) atoms. The van der Waals surface area contributed by atoms with Gasteiger partial charge in [0.1, 0.15) is 0 Å². The van der Waals surface area contributed by atoms with Crippen molar-refractivity contribution in [3.8, 4) is 0 Å². The van der Waals surface area contributed by atoms with E-state index in [2.05, 4.69) is 23.2 Å². The van der Waals surface area contributed by atoms with Crippen LogP contribution in [0.1, 0.15) is 17.5 Å². The largest absolute Gasteiger partial charge is 0.275 e. The van der Waals surface area contributed by atoms with Gasteiger partial charge in [-0.1, -0.05) is 24.3 Å². The Morgan fingerprint density at radius 2 is 1.87 bits per heavy atom. The Bertz CT molecular complexity index is 402. The standard InChI is InChI=1S/C12H14N2O/c15-12-8-10-4-1-2-5-11(10)9-13-6-3-7-14(12)13/h1-2,4-5H,3,6-9H2. The minimum atomic E-state index is 0.248. The molecule has 78 valence electrons. The molecule has 0 spiro atoms. The first-order valence-electron chi connectivity index (χ1n) is 5.46. The monoisotopic (exact) mass is 202 g/mol. The molecule has 0 aliphatic carbocycles. The third-order valence-corrected chi connectivity index (χ3v) is 3.23. The molecule has 2 aliphatic rings. The number of benzene rings is 1. The van der Waals surface area contributed by atoms with Gasteiger partial charge >= 0.3 is 0 Å². The molecule has 2 aliphatic heterocycles. The Hall–Kier alpha value is -1.35. The van der Waals surface area contributed by atoms with Crippen LogP contribution in [0.3, 0.4) is 0 Å². The summed E-state index contributed by atoms with van der Waals surface area (Å²) >= 11 is 0. The lowest BCUT2D eigenvalue weighted by Crippen LogP contribution is -2.39. The molecule has 0 aromatic heterocycles. The van der Waals surface area contributed by atoms with Crippen molar-refractivity contribution >= 4 is 5.91 Å². The number of hydrogen-bond donors (Lipinski definition) is 0. The Balaban J connectivity index is 2.00. The van der Waals surface area contributed by atoms with Crippen molar-refractivity contribution in [3.63, 3.8) is 0 Å². The van der Waals surface area contributed by atoms with Crippen molar-refractivity contribution in [2.45, 2.75) is 19.4 Å². The van der Waals surface area contributed by atoms with Gasteiger partial charge in [-0.2, -0.15) is 0 Å². The van der Waals surface area contributed by atoms with Gasteiger partial charge < -0.3 is 0 Å². The van der Waals surface area contributed by atoms with Gasteiger partial charge in [0.25, 0.3) is 0 Å². The van der Waals surface area contributed by atoms with Gasteiger partial charge in [-0.3, -0.25) is 9.80 Å². The zero-order chi connectivity index (χ0) is 10.3. The summed E-state index contributed by atoms with van der Waals surface area (Å²) in [5.74, 6) is 0.248. The van der Waals surface area contributed by atoms with E-state index in [1.807, 2.05) is 11.1 Å². The second-order valence-corrected chi connectivity index (χ2v) is 4.20. The van der Waals surface area contributed by atoms with Gasteiger partial charge in [-0.05, 0) is 17.5 Å². The molecule has 3 rings (SSSR count). The van der Waals surface area contributed by atoms with Crippen LogP contribution in [-0.2, 0) is 17.8 Å². The fraction of sp³-hybridized carbons (Fsp3) is 0.417. The number of hydrogen-bond acceptors (Lipinski definition) is 2. The number of carbonyl (C=O) groups is 1. The highest BCUT2D eigenvalue weighted by molar-refractivity contribution is 5.79. The molecule has 1 saturated heterocycles. The van der Waals surface area contributed by atoms with Gasteiger partial charge in [0.2, 0.25) is 5.91 Å². The number of hydrazine groups is 1. The fourth-order valence-electron chi connectivity index (χ4n) is 2.45. The van der Waals surface area contributed by atoms with E-state index in [4.69, 9.17) is 0 Å². The van der Waals surface area contributed by atoms with Crippen LogP contribution in [0.5, 0.6) is 0 Å². The summed E-state index contributed by atoms with van der Waals surface area (Å²) < 4.78 is 0. The van der Waals surface area contributed by atoms with Gasteiger partial charge in [0.15, 0.2) is 0 Å². The van der Waals surface area contributed by atoms with Crippen LogP contribution < -0.4 is 0 Å². The number of carbonyl (C=O) groups excluding carboxylic acids is 1. The molecular weight excluding hydrogens is 188 g/mol. The van der Waals surface area contributed by atoms with Crippen LogP contribution in [0.25, 0.3) is 0 Å². The Kier molecular flexibility index (Phi) is 1.99. The minimum Gasteiger partial charge on any atom is -0.275 e. The molecular formula is C12H14N2O. The lowest BCUT2D eigenvalue weighted by atomic mass is 10.0. The zero-order valence-corrected chi connectivity index (χ0v) is 8.65. The van der Waals surface area contributed by atoms with E-state index in [0.717, 1.165) is 26.1 Å². The first kappa shape index (κ1) is 8.92. The summed E-state index contributed by atoms with van der Waals surface area (Å²) in [6, 6.07) is 8.26. The topological polar surface area (TPSA) is 23.6 Å². The smallest absolute Gasteiger partial charge is 0.241 e. The van der Waals surface area contributed by atoms with Crippen LogP contribution in [0.15, 0.2) is 24.3 Å². The quantitative estimate of drug-likeness (QED) is 0.631. The first-order chi connectivity index (χ1) is 7.34. The van der Waals surface area contributed by atoms with Gasteiger partial charge in [-0.25, -0.2) is 5.01 Å². The van der Waals surface area contributed by atoms with Crippen molar-refractivity contribution in [3.05, 3.63) is 35.4 Å². The van der Waals surface area contributed by atoms with E-state index < -0.39 is 0 Å². The molecule has 1 aromatic rings. The third kappa shape index (κ3) is 1.43. The average Bonchev–Trinajstić information content (AvgIpc) is 2.64. The van der Waals surface area contributed by atoms with E-state index in [9.17, 15) is 4.79 Å². The summed E-state index contributed by atoms with van der Waals surface area (Å²) in [6.45, 7) is 2.80. The molecule has 0 atom stereocenters. The van der Waals surface area contributed by atoms with E-state index in [0.29, 0.717) is 6.42 Å². The lowest BCUT2D eigenvalue weighted by Gasteiger charge is -2.25. The lowest BCUT2D eigenvalue weighted by molar-refractivity contribution is -0.142. The maximum Gasteiger partial charge on any atom is 0.241 e. The highest BCUT2D eigenvalue weighted by Gasteiger charge is 2.30. The molecule has 0 bridgehead atoms. The second kappa shape index (κ2) is 3.35. The highest BCUT2D eigenvalue weighted by atomic mass is 16.2. The van der Waals surface area contributed by atoms with Crippen molar-refractivity contribution in [1.82, 2.24) is 10.0 Å². The summed E-state index contributed by atoms with van der Waals surface area (Å²) in [6.07, 6.45) is 1.67. The zero-order valence-electron chi connectivity index (χ0n) is 8.65. The van der Waals surface area contributed by atoms with Gasteiger partial charge in [-0.15, -0.1) is 0 Å². The Morgan fingerprint density at radius 3 is 2.73 bits per heavy atom. The minimum absolute atomic E-state index is 0.248. The maximum absolute atomic E-state index is 11.9. The van der Waals surface area contributed by atoms with Crippen molar-refractivity contribution < 1.29 is 4.79 Å². The number of fused-ring (bicyclic) bond motifs is 2. The molecule has 0 radical (unpaired) electrons. The van der Waals surface area contributed by atoms with Crippen molar-refractivity contribution in [2.24, 2.45) is 0 Å². The predicted molar refractivity (Wildman–Crippen MR) is 56.9 cm³/mol. The van der Waals surface area contributed by atoms with E-state index >= 15 is 0 Å². The molecule has 1 amide bonds. The fourth-order valence-corrected chi connectivity index (χ4v) is 2.45. The SMILES string of the molecule is O=C1Cc2ccccc2CN2CCCN12. The number of amides is 1. The van der Waals surface area contributed by atoms with E-state index in [-0.39, 0.29) is 5.91 Å². The molecule has 0 N–H and O–H groups in total. The second-order valence-electron chi connectivity index (χ2n) is 4.20. The third-order valence-electron chi connectivity index (χ3n) is 3.23. The molecule has 1 aromatic carbocycles. The van der Waals surface area contributed by atoms with Crippen LogP contribution in [0, 0.1) is 0 Å². The van der Waals surface area contributed by atoms with Crippen LogP contribution in [0.4, 0.5) is 0 Å². The summed E-state index contributed by atoms with van der Waals surface area (Å²) in [4.78, 5) is 11.9. The van der Waals surface area contributed by atoms with Gasteiger partial charge in [0.05, 0.1) is 6.42 Å². The van der Waals surface area contributed by atoms with Crippen LogP contribution in [0.2, 0.25) is 0 Å². The average molecular weight is 202 g/mol. The Labute approximate surface area is 89.3 Å². The van der Waals surface area contributed by atoms with E-state index in [1.54, 1.807) is 0 Å².